The highest BCUT2D eigenvalue weighted by molar-refractivity contribution is 6.07. The van der Waals surface area contributed by atoms with Crippen LogP contribution in [-0.2, 0) is 41.6 Å². The number of nitrogens with one attached hydrogen (secondary N) is 1. The number of unbranched alkanes of at least 4 members (excludes halogenated alkanes) is 1. The molecule has 1 atom stereocenters. The molecule has 55 heavy (non-hydrogen) atoms. The van der Waals surface area contributed by atoms with Crippen LogP contribution in [0.3, 0.4) is 0 Å². The van der Waals surface area contributed by atoms with Gasteiger partial charge >= 0.3 is 18.4 Å². The van der Waals surface area contributed by atoms with Gasteiger partial charge in [0.15, 0.2) is 0 Å². The molecule has 7 nitrogen and oxygen atoms in total. The fourth-order valence-electron chi connectivity index (χ4n) is 6.64. The fraction of sp³-hybridized carbons (Fsp3) is 0.381. The lowest BCUT2D eigenvalue weighted by Crippen LogP contribution is -2.54. The van der Waals surface area contributed by atoms with Gasteiger partial charge in [0.2, 0.25) is 0 Å². The van der Waals surface area contributed by atoms with E-state index in [1.807, 2.05) is 13.8 Å². The highest BCUT2D eigenvalue weighted by Crippen LogP contribution is 2.51. The van der Waals surface area contributed by atoms with Crippen molar-refractivity contribution in [3.8, 4) is 11.5 Å². The summed E-state index contributed by atoms with van der Waals surface area (Å²) in [5, 5.41) is 13.2. The number of amides is 3. The van der Waals surface area contributed by atoms with E-state index in [9.17, 15) is 41.0 Å². The van der Waals surface area contributed by atoms with Crippen molar-refractivity contribution in [2.24, 2.45) is 0 Å². The van der Waals surface area contributed by atoms with Gasteiger partial charge in [0.25, 0.3) is 11.5 Å². The van der Waals surface area contributed by atoms with Crippen molar-refractivity contribution >= 4 is 11.9 Å². The highest BCUT2D eigenvalue weighted by Gasteiger charge is 2.71. The number of carbonyl (C=O) groups excluding carboxylic acids is 2. The summed E-state index contributed by atoms with van der Waals surface area (Å²) in [6, 6.07) is 25.6. The monoisotopic (exact) mass is 770 g/mol. The average molecular weight is 771 g/mol. The number of halogens is 6. The van der Waals surface area contributed by atoms with Crippen LogP contribution < -0.4 is 14.8 Å². The number of urea groups is 1. The van der Waals surface area contributed by atoms with Crippen molar-refractivity contribution in [1.82, 2.24) is 10.2 Å². The molecule has 3 amide bonds. The number of hydrogen-bond acceptors (Lipinski definition) is 5. The van der Waals surface area contributed by atoms with E-state index in [2.05, 4.69) is 5.32 Å². The summed E-state index contributed by atoms with van der Waals surface area (Å²) in [5.74, 6) is 0.308. The van der Waals surface area contributed by atoms with E-state index >= 15 is 0 Å². The van der Waals surface area contributed by atoms with Crippen molar-refractivity contribution in [2.75, 3.05) is 13.2 Å². The molecule has 1 aliphatic heterocycles. The first-order chi connectivity index (χ1) is 25.9. The predicted octanol–water partition coefficient (Wildman–Crippen LogP) is 8.98. The van der Waals surface area contributed by atoms with Crippen LogP contribution in [0.15, 0.2) is 97.1 Å². The summed E-state index contributed by atoms with van der Waals surface area (Å²) < 4.78 is 96.8. The number of aryl methyl sites for hydroxylation is 4. The maximum atomic E-state index is 14.2. The molecule has 0 bridgehead atoms. The van der Waals surface area contributed by atoms with Crippen LogP contribution in [0.4, 0.5) is 31.1 Å². The maximum Gasteiger partial charge on any atom is 0.430 e. The van der Waals surface area contributed by atoms with Gasteiger partial charge in [-0.05, 0) is 111 Å². The number of rotatable bonds is 16. The minimum atomic E-state index is -6.07. The number of aliphatic hydroxyl groups is 1. The number of carbonyl (C=O) groups is 2. The van der Waals surface area contributed by atoms with Gasteiger partial charge in [-0.3, -0.25) is 9.69 Å². The molecule has 0 radical (unpaired) electrons. The SMILES string of the molecule is CC(C)Oc1ccc(C2(C)NC(=O)N(CCCCOc3c(CCc4ccccc4)cc(C(O)(C(F)(F)F)C(F)(F)F)cc3CCc3ccccc3)C2=O)cc1. The molecule has 1 unspecified atom stereocenters. The van der Waals surface area contributed by atoms with Crippen LogP contribution >= 0.6 is 0 Å². The van der Waals surface area contributed by atoms with Gasteiger partial charge in [-0.15, -0.1) is 0 Å². The quantitative estimate of drug-likeness (QED) is 0.0675. The Morgan fingerprint density at radius 2 is 1.25 bits per heavy atom. The van der Waals surface area contributed by atoms with Gasteiger partial charge in [0.1, 0.15) is 17.0 Å². The number of alkyl halides is 6. The van der Waals surface area contributed by atoms with Crippen LogP contribution in [0.2, 0.25) is 0 Å². The smallest absolute Gasteiger partial charge is 0.430 e. The lowest BCUT2D eigenvalue weighted by atomic mass is 9.86. The zero-order valence-corrected chi connectivity index (χ0v) is 30.8. The summed E-state index contributed by atoms with van der Waals surface area (Å²) in [6.45, 7) is 5.42. The highest BCUT2D eigenvalue weighted by atomic mass is 19.4. The van der Waals surface area contributed by atoms with Gasteiger partial charge in [-0.1, -0.05) is 72.8 Å². The Balaban J connectivity index is 1.38. The molecule has 13 heteroatoms. The first-order valence-electron chi connectivity index (χ1n) is 18.1. The Hall–Kier alpha value is -5.04. The molecule has 5 rings (SSSR count). The second-order valence-corrected chi connectivity index (χ2v) is 14.1. The van der Waals surface area contributed by atoms with Crippen molar-refractivity contribution in [2.45, 2.75) is 88.9 Å². The lowest BCUT2D eigenvalue weighted by Gasteiger charge is -2.33. The molecule has 1 saturated heterocycles. The number of benzene rings is 4. The Labute approximate surface area is 316 Å². The Bertz CT molecular complexity index is 1840. The Morgan fingerprint density at radius 1 is 0.745 bits per heavy atom. The van der Waals surface area contributed by atoms with Crippen LogP contribution in [0.5, 0.6) is 11.5 Å². The second kappa shape index (κ2) is 16.8. The van der Waals surface area contributed by atoms with Crippen molar-refractivity contribution in [1.29, 1.82) is 0 Å². The number of imide groups is 1. The van der Waals surface area contributed by atoms with Gasteiger partial charge in [0.05, 0.1) is 12.7 Å². The van der Waals surface area contributed by atoms with Crippen molar-refractivity contribution < 1.29 is 50.5 Å². The molecule has 4 aromatic rings. The third-order valence-electron chi connectivity index (χ3n) is 9.63. The van der Waals surface area contributed by atoms with E-state index in [1.165, 1.54) is 0 Å². The number of hydrogen-bond donors (Lipinski definition) is 2. The first-order valence-corrected chi connectivity index (χ1v) is 18.1. The standard InChI is InChI=1S/C42H44F6N2O5/c1-28(2)55-35-22-20-33(21-23-35)39(3)37(51)50(38(52)49-39)24-10-11-25-54-36-31(18-16-29-12-6-4-7-13-29)26-34(40(53,41(43,44)45)42(46,47)48)27-32(36)19-17-30-14-8-5-9-15-30/h4-9,12-15,20-23,26-28,53H,10-11,16-19,24-25H2,1-3H3,(H,49,52). The molecular formula is C42H44F6N2O5. The van der Waals surface area contributed by atoms with E-state index in [4.69, 9.17) is 9.47 Å². The molecule has 4 aromatic carbocycles. The lowest BCUT2D eigenvalue weighted by molar-refractivity contribution is -0.376. The summed E-state index contributed by atoms with van der Waals surface area (Å²) in [5.41, 5.74) is -5.44. The van der Waals surface area contributed by atoms with E-state index in [1.54, 1.807) is 91.9 Å². The molecule has 2 N–H and O–H groups in total. The number of nitrogens with zero attached hydrogens (tertiary/aromatic N) is 1. The topological polar surface area (TPSA) is 88.1 Å². The molecule has 1 aliphatic rings. The summed E-state index contributed by atoms with van der Waals surface area (Å²) in [4.78, 5) is 27.6. The first kappa shape index (κ1) is 41.1. The van der Waals surface area contributed by atoms with Crippen LogP contribution in [0, 0.1) is 0 Å². The minimum absolute atomic E-state index is 0.0168. The molecule has 0 aromatic heterocycles. The van der Waals surface area contributed by atoms with E-state index in [0.29, 0.717) is 24.2 Å². The molecule has 0 aliphatic carbocycles. The molecular weight excluding hydrogens is 726 g/mol. The van der Waals surface area contributed by atoms with E-state index < -0.39 is 41.0 Å². The largest absolute Gasteiger partial charge is 0.493 e. The third kappa shape index (κ3) is 9.26. The molecule has 0 spiro atoms. The molecule has 294 valence electrons. The zero-order chi connectivity index (χ0) is 40.0. The average Bonchev–Trinajstić information content (AvgIpc) is 3.36. The molecule has 1 heterocycles. The van der Waals surface area contributed by atoms with Gasteiger partial charge in [-0.2, -0.15) is 26.3 Å². The normalized spacial score (nSPS) is 16.5. The van der Waals surface area contributed by atoms with E-state index in [0.717, 1.165) is 28.2 Å². The minimum Gasteiger partial charge on any atom is -0.493 e. The van der Waals surface area contributed by atoms with Crippen molar-refractivity contribution in [3.05, 3.63) is 130 Å². The van der Waals surface area contributed by atoms with Gasteiger partial charge in [-0.25, -0.2) is 4.79 Å². The van der Waals surface area contributed by atoms with Crippen molar-refractivity contribution in [3.63, 3.8) is 0 Å². The van der Waals surface area contributed by atoms with Crippen LogP contribution in [0.25, 0.3) is 0 Å². The summed E-state index contributed by atoms with van der Waals surface area (Å²) in [6.07, 6.45) is -11.0. The molecule has 1 fully saturated rings. The summed E-state index contributed by atoms with van der Waals surface area (Å²) in [7, 11) is 0. The Kier molecular flexibility index (Phi) is 12.5. The van der Waals surface area contributed by atoms with Crippen LogP contribution in [0.1, 0.15) is 67.0 Å². The third-order valence-corrected chi connectivity index (χ3v) is 9.63. The number of ether oxygens (including phenoxy) is 2. The maximum absolute atomic E-state index is 14.2. The second-order valence-electron chi connectivity index (χ2n) is 14.1. The Morgan fingerprint density at radius 3 is 1.73 bits per heavy atom. The molecule has 0 saturated carbocycles. The van der Waals surface area contributed by atoms with E-state index in [-0.39, 0.29) is 61.8 Å². The zero-order valence-electron chi connectivity index (χ0n) is 30.8. The van der Waals surface area contributed by atoms with Gasteiger partial charge < -0.3 is 19.9 Å². The fourth-order valence-corrected chi connectivity index (χ4v) is 6.64. The predicted molar refractivity (Wildman–Crippen MR) is 195 cm³/mol. The summed E-state index contributed by atoms with van der Waals surface area (Å²) >= 11 is 0. The van der Waals surface area contributed by atoms with Gasteiger partial charge in [0, 0.05) is 12.1 Å². The van der Waals surface area contributed by atoms with Crippen LogP contribution in [-0.4, -0.2) is 53.6 Å².